The number of aromatic amines is 1. The number of rotatable bonds is 9. The van der Waals surface area contributed by atoms with Crippen molar-refractivity contribution in [2.24, 2.45) is 0 Å². The van der Waals surface area contributed by atoms with Crippen LogP contribution < -0.4 is 10.3 Å². The fourth-order valence-electron chi connectivity index (χ4n) is 5.08. The minimum Gasteiger partial charge on any atom is -0.497 e. The Labute approximate surface area is 197 Å². The van der Waals surface area contributed by atoms with Crippen LogP contribution in [0.25, 0.3) is 10.9 Å². The van der Waals surface area contributed by atoms with Gasteiger partial charge in [0.15, 0.2) is 5.82 Å². The van der Waals surface area contributed by atoms with E-state index in [9.17, 15) is 4.79 Å². The van der Waals surface area contributed by atoms with Crippen LogP contribution in [0.4, 0.5) is 0 Å². The zero-order chi connectivity index (χ0) is 23.5. The van der Waals surface area contributed by atoms with Crippen LogP contribution in [0.3, 0.4) is 0 Å². The van der Waals surface area contributed by atoms with Gasteiger partial charge in [0, 0.05) is 29.1 Å². The molecule has 178 valence electrons. The van der Waals surface area contributed by atoms with Gasteiger partial charge in [-0.1, -0.05) is 19.8 Å². The van der Waals surface area contributed by atoms with Crippen molar-refractivity contribution in [3.63, 3.8) is 0 Å². The highest BCUT2D eigenvalue weighted by Crippen LogP contribution is 2.34. The summed E-state index contributed by atoms with van der Waals surface area (Å²) in [5.74, 6) is 2.36. The molecule has 1 unspecified atom stereocenters. The molecule has 0 amide bonds. The zero-order valence-electron chi connectivity index (χ0n) is 19.6. The highest BCUT2D eigenvalue weighted by Gasteiger charge is 2.32. The fourth-order valence-corrected chi connectivity index (χ4v) is 5.08. The SMILES string of the molecule is CCC(c1nnnn1Cc1ccco1)N(Cc1cc2cc(OC)ccc2[nH]c1=O)C1CCCC1. The molecule has 0 radical (unpaired) electrons. The number of H-pyrrole nitrogens is 1. The van der Waals surface area contributed by atoms with Crippen LogP contribution in [0.5, 0.6) is 5.75 Å². The van der Waals surface area contributed by atoms with Gasteiger partial charge < -0.3 is 14.1 Å². The summed E-state index contributed by atoms with van der Waals surface area (Å²) >= 11 is 0. The maximum Gasteiger partial charge on any atom is 0.252 e. The molecule has 1 saturated carbocycles. The Morgan fingerprint density at radius 3 is 2.85 bits per heavy atom. The van der Waals surface area contributed by atoms with E-state index in [1.54, 1.807) is 13.4 Å². The normalized spacial score (nSPS) is 15.4. The fraction of sp³-hybridized carbons (Fsp3) is 0.440. The summed E-state index contributed by atoms with van der Waals surface area (Å²) in [5.41, 5.74) is 1.47. The molecule has 0 spiro atoms. The number of nitrogens with one attached hydrogen (secondary N) is 1. The zero-order valence-corrected chi connectivity index (χ0v) is 19.6. The van der Waals surface area contributed by atoms with Gasteiger partial charge in [0.2, 0.25) is 0 Å². The number of hydrogen-bond acceptors (Lipinski definition) is 7. The predicted molar refractivity (Wildman–Crippen MR) is 128 cm³/mol. The largest absolute Gasteiger partial charge is 0.497 e. The number of fused-ring (bicyclic) bond motifs is 1. The first-order valence-corrected chi connectivity index (χ1v) is 11.9. The molecule has 1 fully saturated rings. The minimum atomic E-state index is -0.0642. The van der Waals surface area contributed by atoms with Gasteiger partial charge in [-0.15, -0.1) is 5.10 Å². The smallest absolute Gasteiger partial charge is 0.252 e. The number of ether oxygens (including phenoxy) is 1. The Balaban J connectivity index is 1.50. The topological polar surface area (TPSA) is 102 Å². The van der Waals surface area contributed by atoms with Crippen molar-refractivity contribution < 1.29 is 9.15 Å². The third-order valence-corrected chi connectivity index (χ3v) is 6.81. The van der Waals surface area contributed by atoms with Gasteiger partial charge in [-0.3, -0.25) is 9.69 Å². The molecule has 1 N–H and O–H groups in total. The second-order valence-electron chi connectivity index (χ2n) is 8.89. The molecule has 34 heavy (non-hydrogen) atoms. The van der Waals surface area contributed by atoms with Crippen molar-refractivity contribution in [3.8, 4) is 5.75 Å². The first-order valence-electron chi connectivity index (χ1n) is 11.9. The molecule has 0 bridgehead atoms. The van der Waals surface area contributed by atoms with Crippen molar-refractivity contribution in [1.82, 2.24) is 30.1 Å². The number of pyridine rings is 1. The molecule has 3 heterocycles. The number of hydrogen-bond donors (Lipinski definition) is 1. The lowest BCUT2D eigenvalue weighted by Crippen LogP contribution is -2.39. The van der Waals surface area contributed by atoms with Crippen molar-refractivity contribution >= 4 is 10.9 Å². The molecule has 0 saturated heterocycles. The van der Waals surface area contributed by atoms with E-state index in [2.05, 4.69) is 32.3 Å². The van der Waals surface area contributed by atoms with E-state index < -0.39 is 0 Å². The van der Waals surface area contributed by atoms with Crippen LogP contribution in [0, 0.1) is 0 Å². The van der Waals surface area contributed by atoms with E-state index in [-0.39, 0.29) is 11.6 Å². The highest BCUT2D eigenvalue weighted by molar-refractivity contribution is 5.80. The van der Waals surface area contributed by atoms with Crippen molar-refractivity contribution in [2.75, 3.05) is 7.11 Å². The number of benzene rings is 1. The van der Waals surface area contributed by atoms with Crippen molar-refractivity contribution in [2.45, 2.75) is 64.2 Å². The van der Waals surface area contributed by atoms with Gasteiger partial charge in [0.1, 0.15) is 18.1 Å². The Kier molecular flexibility index (Phi) is 6.44. The van der Waals surface area contributed by atoms with Crippen LogP contribution in [0.15, 0.2) is 51.9 Å². The van der Waals surface area contributed by atoms with E-state index in [0.717, 1.165) is 53.1 Å². The monoisotopic (exact) mass is 462 g/mol. The van der Waals surface area contributed by atoms with Crippen LogP contribution in [-0.2, 0) is 13.1 Å². The summed E-state index contributed by atoms with van der Waals surface area (Å²) in [5, 5.41) is 13.6. The first kappa shape index (κ1) is 22.3. The summed E-state index contributed by atoms with van der Waals surface area (Å²) in [4.78, 5) is 18.5. The van der Waals surface area contributed by atoms with E-state index in [0.29, 0.717) is 19.1 Å². The van der Waals surface area contributed by atoms with Gasteiger partial charge in [-0.25, -0.2) is 4.68 Å². The quantitative estimate of drug-likeness (QED) is 0.400. The third-order valence-electron chi connectivity index (χ3n) is 6.81. The molecule has 0 aliphatic heterocycles. The molecule has 1 aliphatic carbocycles. The van der Waals surface area contributed by atoms with Gasteiger partial charge in [0.05, 0.1) is 19.4 Å². The van der Waals surface area contributed by atoms with E-state index in [1.807, 2.05) is 41.1 Å². The Morgan fingerprint density at radius 2 is 2.12 bits per heavy atom. The standard InChI is InChI=1S/C25H30N6O3/c1-3-23(24-27-28-29-31(24)16-21-9-6-12-34-21)30(19-7-4-5-8-19)15-18-13-17-14-20(33-2)10-11-22(17)26-25(18)32/h6,9-14,19,23H,3-5,7-8,15-16H2,1-2H3,(H,26,32). The highest BCUT2D eigenvalue weighted by atomic mass is 16.5. The predicted octanol–water partition coefficient (Wildman–Crippen LogP) is 4.06. The maximum absolute atomic E-state index is 13.0. The minimum absolute atomic E-state index is 0.0199. The number of methoxy groups -OCH3 is 1. The molecule has 4 aromatic rings. The third kappa shape index (κ3) is 4.48. The number of nitrogens with zero attached hydrogens (tertiary/aromatic N) is 5. The number of tetrazole rings is 1. The Morgan fingerprint density at radius 1 is 1.26 bits per heavy atom. The van der Waals surface area contributed by atoms with E-state index in [4.69, 9.17) is 9.15 Å². The summed E-state index contributed by atoms with van der Waals surface area (Å²) in [6, 6.07) is 11.8. The lowest BCUT2D eigenvalue weighted by Gasteiger charge is -2.35. The molecule has 9 nitrogen and oxygen atoms in total. The molecule has 3 aromatic heterocycles. The number of furan rings is 1. The molecular formula is C25H30N6O3. The molecule has 5 rings (SSSR count). The van der Waals surface area contributed by atoms with Crippen LogP contribution >= 0.6 is 0 Å². The van der Waals surface area contributed by atoms with E-state index >= 15 is 0 Å². The van der Waals surface area contributed by atoms with Crippen LogP contribution in [0.2, 0.25) is 0 Å². The summed E-state index contributed by atoms with van der Waals surface area (Å²) in [6.07, 6.45) is 7.09. The molecular weight excluding hydrogens is 432 g/mol. The van der Waals surface area contributed by atoms with Gasteiger partial charge in [0.25, 0.3) is 5.56 Å². The van der Waals surface area contributed by atoms with Crippen molar-refractivity contribution in [3.05, 3.63) is 70.2 Å². The summed E-state index contributed by atoms with van der Waals surface area (Å²) in [6.45, 7) is 3.15. The van der Waals surface area contributed by atoms with Gasteiger partial charge in [-0.2, -0.15) is 0 Å². The Hall–Kier alpha value is -3.46. The van der Waals surface area contributed by atoms with Gasteiger partial charge >= 0.3 is 0 Å². The van der Waals surface area contributed by atoms with Crippen LogP contribution in [0.1, 0.15) is 62.2 Å². The molecule has 1 aliphatic rings. The Bertz CT molecular complexity index is 1290. The number of aromatic nitrogens is 5. The summed E-state index contributed by atoms with van der Waals surface area (Å²) in [7, 11) is 1.65. The molecule has 1 aromatic carbocycles. The molecule has 9 heteroatoms. The average molecular weight is 463 g/mol. The second-order valence-corrected chi connectivity index (χ2v) is 8.89. The lowest BCUT2D eigenvalue weighted by atomic mass is 10.0. The van der Waals surface area contributed by atoms with Gasteiger partial charge in [-0.05, 0) is 66.1 Å². The molecule has 1 atom stereocenters. The second kappa shape index (κ2) is 9.80. The van der Waals surface area contributed by atoms with E-state index in [1.165, 1.54) is 12.8 Å². The van der Waals surface area contributed by atoms with Crippen molar-refractivity contribution in [1.29, 1.82) is 0 Å². The maximum atomic E-state index is 13.0. The van der Waals surface area contributed by atoms with Crippen LogP contribution in [-0.4, -0.2) is 43.2 Å². The average Bonchev–Trinajstić information content (AvgIpc) is 3.63. The summed E-state index contributed by atoms with van der Waals surface area (Å²) < 4.78 is 12.7. The first-order chi connectivity index (χ1) is 16.7. The lowest BCUT2D eigenvalue weighted by molar-refractivity contribution is 0.112.